The van der Waals surface area contributed by atoms with E-state index in [-0.39, 0.29) is 11.8 Å². The summed E-state index contributed by atoms with van der Waals surface area (Å²) in [5.74, 6) is -1.17. The third kappa shape index (κ3) is 2.30. The Bertz CT molecular complexity index is 550. The monoisotopic (exact) mass is 279 g/mol. The summed E-state index contributed by atoms with van der Waals surface area (Å²) in [6, 6.07) is -0.741. The van der Waals surface area contributed by atoms with E-state index in [1.807, 2.05) is 13.8 Å². The van der Waals surface area contributed by atoms with Crippen LogP contribution in [0.15, 0.2) is 0 Å². The van der Waals surface area contributed by atoms with Crippen molar-refractivity contribution in [2.75, 3.05) is 6.54 Å². The molecular weight excluding hydrogens is 258 g/mol. The molecule has 1 aromatic rings. The Balaban J connectivity index is 2.38. The molecule has 1 N–H and O–H groups in total. The third-order valence-corrected chi connectivity index (χ3v) is 4.17. The van der Waals surface area contributed by atoms with Crippen molar-refractivity contribution >= 4 is 11.9 Å². The summed E-state index contributed by atoms with van der Waals surface area (Å²) in [4.78, 5) is 25.7. The minimum Gasteiger partial charge on any atom is -0.480 e. The topological polar surface area (TPSA) is 75.4 Å². The quantitative estimate of drug-likeness (QED) is 0.887. The summed E-state index contributed by atoms with van der Waals surface area (Å²) < 4.78 is 1.66. The van der Waals surface area contributed by atoms with Gasteiger partial charge in [0.2, 0.25) is 0 Å². The van der Waals surface area contributed by atoms with Crippen LogP contribution >= 0.6 is 0 Å². The van der Waals surface area contributed by atoms with Crippen LogP contribution in [0.4, 0.5) is 0 Å². The molecule has 0 saturated carbocycles. The van der Waals surface area contributed by atoms with E-state index in [0.29, 0.717) is 17.8 Å². The number of aryl methyl sites for hydroxylation is 2. The van der Waals surface area contributed by atoms with Crippen LogP contribution in [0.25, 0.3) is 0 Å². The molecule has 1 aliphatic rings. The molecule has 0 spiro atoms. The highest BCUT2D eigenvalue weighted by Gasteiger charge is 2.38. The lowest BCUT2D eigenvalue weighted by molar-refractivity contribution is -0.145. The van der Waals surface area contributed by atoms with Crippen LogP contribution < -0.4 is 0 Å². The first kappa shape index (κ1) is 14.6. The lowest BCUT2D eigenvalue weighted by Crippen LogP contribution is -2.52. The maximum atomic E-state index is 12.7. The minimum absolute atomic E-state index is 0.0255. The smallest absolute Gasteiger partial charge is 0.326 e. The third-order valence-electron chi connectivity index (χ3n) is 4.17. The Morgan fingerprint density at radius 2 is 2.00 bits per heavy atom. The summed E-state index contributed by atoms with van der Waals surface area (Å²) in [6.45, 7) is 5.99. The zero-order chi connectivity index (χ0) is 15.0. The molecule has 0 aromatic carbocycles. The van der Waals surface area contributed by atoms with Crippen LogP contribution in [-0.2, 0) is 11.8 Å². The summed E-state index contributed by atoms with van der Waals surface area (Å²) in [5, 5.41) is 13.6. The summed E-state index contributed by atoms with van der Waals surface area (Å²) in [5.41, 5.74) is 1.96. The fourth-order valence-electron chi connectivity index (χ4n) is 3.02. The number of nitrogens with zero attached hydrogens (tertiary/aromatic N) is 3. The van der Waals surface area contributed by atoms with Gasteiger partial charge in [-0.2, -0.15) is 5.10 Å². The van der Waals surface area contributed by atoms with E-state index < -0.39 is 12.0 Å². The standard InChI is InChI=1S/C14H21N3O3/c1-8-6-5-7-17(12(8)14(19)20)13(18)11-9(2)15-16(4)10(11)3/h8,12H,5-7H2,1-4H3,(H,19,20). The average molecular weight is 279 g/mol. The number of piperidine rings is 1. The molecule has 1 saturated heterocycles. The molecule has 6 heteroatoms. The zero-order valence-corrected chi connectivity index (χ0v) is 12.4. The van der Waals surface area contributed by atoms with E-state index in [4.69, 9.17) is 0 Å². The predicted octanol–water partition coefficient (Wildman–Crippen LogP) is 1.36. The molecule has 0 aliphatic carbocycles. The Labute approximate surface area is 118 Å². The van der Waals surface area contributed by atoms with Crippen molar-refractivity contribution in [2.24, 2.45) is 13.0 Å². The van der Waals surface area contributed by atoms with Crippen LogP contribution in [0, 0.1) is 19.8 Å². The number of likely N-dealkylation sites (tertiary alicyclic amines) is 1. The number of aliphatic carboxylic acids is 1. The van der Waals surface area contributed by atoms with Gasteiger partial charge in [0.15, 0.2) is 0 Å². The molecule has 1 aliphatic heterocycles. The molecule has 2 rings (SSSR count). The molecule has 1 fully saturated rings. The van der Waals surface area contributed by atoms with Gasteiger partial charge >= 0.3 is 5.97 Å². The SMILES string of the molecule is Cc1nn(C)c(C)c1C(=O)N1CCCC(C)C1C(=O)O. The lowest BCUT2D eigenvalue weighted by atomic mass is 9.90. The number of aromatic nitrogens is 2. The van der Waals surface area contributed by atoms with Gasteiger partial charge in [0.05, 0.1) is 11.3 Å². The Hall–Kier alpha value is -1.85. The van der Waals surface area contributed by atoms with Crippen LogP contribution in [0.5, 0.6) is 0 Å². The average Bonchev–Trinajstić information content (AvgIpc) is 2.61. The van der Waals surface area contributed by atoms with Gasteiger partial charge in [-0.25, -0.2) is 4.79 Å². The molecule has 20 heavy (non-hydrogen) atoms. The molecule has 1 amide bonds. The van der Waals surface area contributed by atoms with E-state index >= 15 is 0 Å². The van der Waals surface area contributed by atoms with E-state index in [0.717, 1.165) is 18.5 Å². The molecule has 2 atom stereocenters. The maximum Gasteiger partial charge on any atom is 0.326 e. The van der Waals surface area contributed by atoms with Crippen molar-refractivity contribution < 1.29 is 14.7 Å². The fourth-order valence-corrected chi connectivity index (χ4v) is 3.02. The fraction of sp³-hybridized carbons (Fsp3) is 0.643. The van der Waals surface area contributed by atoms with E-state index in [1.165, 1.54) is 4.90 Å². The van der Waals surface area contributed by atoms with Crippen LogP contribution in [0.1, 0.15) is 41.5 Å². The highest BCUT2D eigenvalue weighted by molar-refractivity contribution is 5.98. The first-order valence-electron chi connectivity index (χ1n) is 6.88. The Morgan fingerprint density at radius 3 is 2.50 bits per heavy atom. The van der Waals surface area contributed by atoms with E-state index in [2.05, 4.69) is 5.10 Å². The summed E-state index contributed by atoms with van der Waals surface area (Å²) in [7, 11) is 1.78. The number of carbonyl (C=O) groups is 2. The van der Waals surface area contributed by atoms with Gasteiger partial charge in [-0.15, -0.1) is 0 Å². The molecule has 6 nitrogen and oxygen atoms in total. The number of carbonyl (C=O) groups excluding carboxylic acids is 1. The van der Waals surface area contributed by atoms with Crippen LogP contribution in [0.3, 0.4) is 0 Å². The predicted molar refractivity (Wildman–Crippen MR) is 73.5 cm³/mol. The highest BCUT2D eigenvalue weighted by Crippen LogP contribution is 2.26. The molecule has 0 radical (unpaired) electrons. The molecule has 2 heterocycles. The number of hydrogen-bond donors (Lipinski definition) is 1. The second-order valence-electron chi connectivity index (χ2n) is 5.57. The minimum atomic E-state index is -0.926. The summed E-state index contributed by atoms with van der Waals surface area (Å²) in [6.07, 6.45) is 1.68. The number of amides is 1. The second kappa shape index (κ2) is 5.26. The van der Waals surface area contributed by atoms with Gasteiger partial charge < -0.3 is 10.0 Å². The number of carboxylic acid groups (broad SMARTS) is 1. The van der Waals surface area contributed by atoms with Crippen molar-refractivity contribution in [3.8, 4) is 0 Å². The lowest BCUT2D eigenvalue weighted by Gasteiger charge is -2.37. The first-order chi connectivity index (χ1) is 9.34. The largest absolute Gasteiger partial charge is 0.480 e. The molecule has 2 unspecified atom stereocenters. The van der Waals surface area contributed by atoms with Crippen LogP contribution in [-0.4, -0.2) is 44.3 Å². The highest BCUT2D eigenvalue weighted by atomic mass is 16.4. The first-order valence-corrected chi connectivity index (χ1v) is 6.88. The van der Waals surface area contributed by atoms with Crippen molar-refractivity contribution in [3.63, 3.8) is 0 Å². The Kier molecular flexibility index (Phi) is 3.83. The zero-order valence-electron chi connectivity index (χ0n) is 12.4. The normalized spacial score (nSPS) is 22.9. The molecular formula is C14H21N3O3. The maximum absolute atomic E-state index is 12.7. The number of rotatable bonds is 2. The van der Waals surface area contributed by atoms with Crippen molar-refractivity contribution in [3.05, 3.63) is 17.0 Å². The van der Waals surface area contributed by atoms with Crippen molar-refractivity contribution in [1.29, 1.82) is 0 Å². The van der Waals surface area contributed by atoms with Gasteiger partial charge in [-0.3, -0.25) is 9.48 Å². The van der Waals surface area contributed by atoms with Gasteiger partial charge in [0.25, 0.3) is 5.91 Å². The van der Waals surface area contributed by atoms with E-state index in [1.54, 1.807) is 18.7 Å². The van der Waals surface area contributed by atoms with Crippen molar-refractivity contribution in [1.82, 2.24) is 14.7 Å². The molecule has 110 valence electrons. The molecule has 1 aromatic heterocycles. The second-order valence-corrected chi connectivity index (χ2v) is 5.57. The van der Waals surface area contributed by atoms with Crippen molar-refractivity contribution in [2.45, 2.75) is 39.7 Å². The number of carboxylic acids is 1. The number of hydrogen-bond acceptors (Lipinski definition) is 3. The Morgan fingerprint density at radius 1 is 1.35 bits per heavy atom. The molecule has 0 bridgehead atoms. The van der Waals surface area contributed by atoms with Crippen LogP contribution in [0.2, 0.25) is 0 Å². The van der Waals surface area contributed by atoms with Gasteiger partial charge in [0.1, 0.15) is 6.04 Å². The van der Waals surface area contributed by atoms with E-state index in [9.17, 15) is 14.7 Å². The van der Waals surface area contributed by atoms with Gasteiger partial charge in [-0.1, -0.05) is 6.92 Å². The van der Waals surface area contributed by atoms with Gasteiger partial charge in [0, 0.05) is 19.3 Å². The van der Waals surface area contributed by atoms with Gasteiger partial charge in [-0.05, 0) is 32.6 Å². The summed E-state index contributed by atoms with van der Waals surface area (Å²) >= 11 is 0.